The molecule has 0 spiro atoms. The number of rotatable bonds is 0. The summed E-state index contributed by atoms with van der Waals surface area (Å²) >= 11 is 0. The zero-order chi connectivity index (χ0) is 6.69. The lowest BCUT2D eigenvalue weighted by Gasteiger charge is -2.10. The van der Waals surface area contributed by atoms with Crippen molar-refractivity contribution in [3.05, 3.63) is 0 Å². The molecule has 0 aromatic heterocycles. The molecular weight excluding hydrogens is 122 g/mol. The topological polar surface area (TPSA) is 38.8 Å². The number of nitrogens with zero attached hydrogens (tertiary/aromatic N) is 1. The van der Waals surface area contributed by atoms with E-state index in [1.807, 2.05) is 0 Å². The summed E-state index contributed by atoms with van der Waals surface area (Å²) in [5, 5.41) is 1.22. The van der Waals surface area contributed by atoms with Crippen molar-refractivity contribution in [2.75, 3.05) is 20.3 Å². The molecule has 0 unspecified atom stereocenters. The van der Waals surface area contributed by atoms with E-state index < -0.39 is 6.09 Å². The first-order chi connectivity index (χ1) is 4.34. The highest BCUT2D eigenvalue weighted by Gasteiger charge is 2.18. The summed E-state index contributed by atoms with van der Waals surface area (Å²) in [6.45, 7) is 1.27. The van der Waals surface area contributed by atoms with Gasteiger partial charge >= 0.3 is 6.09 Å². The number of hydrogen-bond acceptors (Lipinski definition) is 3. The average molecular weight is 131 g/mol. The molecule has 0 atom stereocenters. The van der Waals surface area contributed by atoms with Crippen molar-refractivity contribution in [3.8, 4) is 0 Å². The minimum absolute atomic E-state index is 0.410. The van der Waals surface area contributed by atoms with Crippen LogP contribution in [0.2, 0.25) is 0 Å². The Morgan fingerprint density at radius 3 is 3.00 bits per heavy atom. The Morgan fingerprint density at radius 1 is 1.78 bits per heavy atom. The van der Waals surface area contributed by atoms with Crippen LogP contribution >= 0.6 is 0 Å². The van der Waals surface area contributed by atoms with Crippen molar-refractivity contribution >= 4 is 6.09 Å². The average Bonchev–Trinajstić information content (AvgIpc) is 2.37. The van der Waals surface area contributed by atoms with E-state index in [4.69, 9.17) is 4.84 Å². The molecule has 0 saturated carbocycles. The van der Waals surface area contributed by atoms with Gasteiger partial charge in [0.2, 0.25) is 0 Å². The molecule has 1 aliphatic heterocycles. The second kappa shape index (κ2) is 2.68. The van der Waals surface area contributed by atoms with Crippen LogP contribution in [0, 0.1) is 0 Å². The third kappa shape index (κ3) is 1.32. The Bertz CT molecular complexity index is 109. The van der Waals surface area contributed by atoms with Crippen LogP contribution < -0.4 is 0 Å². The van der Waals surface area contributed by atoms with Gasteiger partial charge in [-0.15, -0.1) is 0 Å². The number of hydroxylamine groups is 2. The molecule has 1 saturated heterocycles. The SMILES string of the molecule is COC(=O)N1CCCO1. The fourth-order valence-corrected chi connectivity index (χ4v) is 0.693. The van der Waals surface area contributed by atoms with Crippen molar-refractivity contribution in [1.82, 2.24) is 5.06 Å². The summed E-state index contributed by atoms with van der Waals surface area (Å²) in [6, 6.07) is 0. The van der Waals surface area contributed by atoms with Crippen molar-refractivity contribution in [2.24, 2.45) is 0 Å². The highest BCUT2D eigenvalue weighted by molar-refractivity contribution is 5.66. The van der Waals surface area contributed by atoms with Gasteiger partial charge in [-0.25, -0.2) is 4.79 Å². The van der Waals surface area contributed by atoms with E-state index in [0.717, 1.165) is 6.42 Å². The lowest BCUT2D eigenvalue weighted by molar-refractivity contribution is -0.0873. The summed E-state index contributed by atoms with van der Waals surface area (Å²) in [4.78, 5) is 15.5. The van der Waals surface area contributed by atoms with Gasteiger partial charge in [-0.1, -0.05) is 0 Å². The molecule has 1 heterocycles. The van der Waals surface area contributed by atoms with E-state index in [9.17, 15) is 4.79 Å². The van der Waals surface area contributed by atoms with E-state index in [0.29, 0.717) is 13.2 Å². The monoisotopic (exact) mass is 131 g/mol. The van der Waals surface area contributed by atoms with Crippen LogP contribution in [0.15, 0.2) is 0 Å². The zero-order valence-electron chi connectivity index (χ0n) is 5.29. The van der Waals surface area contributed by atoms with Crippen LogP contribution in [0.5, 0.6) is 0 Å². The fraction of sp³-hybridized carbons (Fsp3) is 0.800. The first-order valence-corrected chi connectivity index (χ1v) is 2.83. The highest BCUT2D eigenvalue weighted by atomic mass is 16.7. The quantitative estimate of drug-likeness (QED) is 0.477. The predicted molar refractivity (Wildman–Crippen MR) is 29.7 cm³/mol. The molecule has 0 aliphatic carbocycles. The first kappa shape index (κ1) is 6.35. The summed E-state index contributed by atoms with van der Waals surface area (Å²) in [7, 11) is 1.34. The molecule has 1 amide bonds. The number of amides is 1. The van der Waals surface area contributed by atoms with Gasteiger partial charge in [0.1, 0.15) is 0 Å². The second-order valence-corrected chi connectivity index (χ2v) is 1.76. The molecule has 4 nitrogen and oxygen atoms in total. The van der Waals surface area contributed by atoms with Crippen molar-refractivity contribution < 1.29 is 14.4 Å². The zero-order valence-corrected chi connectivity index (χ0v) is 5.29. The van der Waals surface area contributed by atoms with Crippen LogP contribution in [0.3, 0.4) is 0 Å². The Kier molecular flexibility index (Phi) is 1.89. The molecule has 0 aromatic rings. The minimum Gasteiger partial charge on any atom is -0.451 e. The van der Waals surface area contributed by atoms with Gasteiger partial charge in [0.15, 0.2) is 0 Å². The van der Waals surface area contributed by atoms with Gasteiger partial charge in [0.05, 0.1) is 20.3 Å². The smallest absolute Gasteiger partial charge is 0.433 e. The van der Waals surface area contributed by atoms with Gasteiger partial charge in [-0.2, -0.15) is 5.06 Å². The molecule has 52 valence electrons. The lowest BCUT2D eigenvalue weighted by Crippen LogP contribution is -2.25. The van der Waals surface area contributed by atoms with Crippen molar-refractivity contribution in [2.45, 2.75) is 6.42 Å². The maximum atomic E-state index is 10.6. The third-order valence-electron chi connectivity index (χ3n) is 1.13. The Morgan fingerprint density at radius 2 is 2.56 bits per heavy atom. The highest BCUT2D eigenvalue weighted by Crippen LogP contribution is 2.04. The number of carbonyl (C=O) groups is 1. The molecule has 0 N–H and O–H groups in total. The lowest BCUT2D eigenvalue weighted by atomic mass is 10.5. The van der Waals surface area contributed by atoms with Gasteiger partial charge in [0, 0.05) is 0 Å². The third-order valence-corrected chi connectivity index (χ3v) is 1.13. The fourth-order valence-electron chi connectivity index (χ4n) is 0.693. The molecule has 1 rings (SSSR count). The summed E-state index contributed by atoms with van der Waals surface area (Å²) < 4.78 is 4.40. The summed E-state index contributed by atoms with van der Waals surface area (Å²) in [5.74, 6) is 0. The Hall–Kier alpha value is -0.770. The molecule has 1 fully saturated rings. The van der Waals surface area contributed by atoms with Crippen LogP contribution in [-0.2, 0) is 9.57 Å². The van der Waals surface area contributed by atoms with Crippen LogP contribution in [0.25, 0.3) is 0 Å². The largest absolute Gasteiger partial charge is 0.451 e. The van der Waals surface area contributed by atoms with Crippen molar-refractivity contribution in [3.63, 3.8) is 0 Å². The summed E-state index contributed by atoms with van der Waals surface area (Å²) in [6.07, 6.45) is 0.488. The Labute approximate surface area is 53.3 Å². The van der Waals surface area contributed by atoms with Gasteiger partial charge in [0.25, 0.3) is 0 Å². The maximum absolute atomic E-state index is 10.6. The molecule has 0 aromatic carbocycles. The van der Waals surface area contributed by atoms with E-state index >= 15 is 0 Å². The summed E-state index contributed by atoms with van der Waals surface area (Å²) in [5.41, 5.74) is 0. The van der Waals surface area contributed by atoms with E-state index in [1.165, 1.54) is 12.2 Å². The Balaban J connectivity index is 2.32. The number of methoxy groups -OCH3 is 1. The van der Waals surface area contributed by atoms with Crippen LogP contribution in [0.4, 0.5) is 4.79 Å². The van der Waals surface area contributed by atoms with E-state index in [-0.39, 0.29) is 0 Å². The number of hydrogen-bond donors (Lipinski definition) is 0. The minimum atomic E-state index is -0.410. The van der Waals surface area contributed by atoms with Gasteiger partial charge in [-0.05, 0) is 6.42 Å². The molecule has 9 heavy (non-hydrogen) atoms. The molecule has 1 aliphatic rings. The van der Waals surface area contributed by atoms with E-state index in [1.54, 1.807) is 0 Å². The van der Waals surface area contributed by atoms with E-state index in [2.05, 4.69) is 4.74 Å². The molecule has 0 bridgehead atoms. The van der Waals surface area contributed by atoms with Crippen LogP contribution in [-0.4, -0.2) is 31.4 Å². The van der Waals surface area contributed by atoms with Gasteiger partial charge < -0.3 is 4.74 Å². The van der Waals surface area contributed by atoms with Crippen LogP contribution in [0.1, 0.15) is 6.42 Å². The number of ether oxygens (including phenoxy) is 1. The molecule has 0 radical (unpaired) electrons. The standard InChI is InChI=1S/C5H9NO3/c1-8-5(7)6-3-2-4-9-6/h2-4H2,1H3. The van der Waals surface area contributed by atoms with Crippen molar-refractivity contribution in [1.29, 1.82) is 0 Å². The van der Waals surface area contributed by atoms with Gasteiger partial charge in [-0.3, -0.25) is 4.84 Å². The maximum Gasteiger partial charge on any atom is 0.433 e. The first-order valence-electron chi connectivity index (χ1n) is 2.83. The normalized spacial score (nSPS) is 18.1. The predicted octanol–water partition coefficient (Wildman–Crippen LogP) is 0.390. The molecular formula is C5H9NO3. The second-order valence-electron chi connectivity index (χ2n) is 1.76. The molecule has 4 heteroatoms. The number of carbonyl (C=O) groups excluding carboxylic acids is 1.